The summed E-state index contributed by atoms with van der Waals surface area (Å²) >= 11 is 7.72. The molecule has 2 aromatic heterocycles. The van der Waals surface area contributed by atoms with E-state index in [-0.39, 0.29) is 0 Å². The van der Waals surface area contributed by atoms with Crippen LogP contribution in [0, 0.1) is 6.92 Å². The molecular formula is C13H18ClN3OS. The van der Waals surface area contributed by atoms with E-state index in [1.165, 1.54) is 11.3 Å². The van der Waals surface area contributed by atoms with E-state index in [2.05, 4.69) is 22.4 Å². The van der Waals surface area contributed by atoms with Gasteiger partial charge in [-0.3, -0.25) is 0 Å². The van der Waals surface area contributed by atoms with E-state index in [0.29, 0.717) is 16.8 Å². The number of rotatable bonds is 7. The van der Waals surface area contributed by atoms with Gasteiger partial charge in [0.15, 0.2) is 0 Å². The fourth-order valence-electron chi connectivity index (χ4n) is 1.69. The van der Waals surface area contributed by atoms with Crippen molar-refractivity contribution in [1.29, 1.82) is 0 Å². The largest absolute Gasteiger partial charge is 0.420 e. The Morgan fingerprint density at radius 1 is 1.37 bits per heavy atom. The predicted molar refractivity (Wildman–Crippen MR) is 78.8 cm³/mol. The fourth-order valence-corrected chi connectivity index (χ4v) is 2.88. The van der Waals surface area contributed by atoms with E-state index in [0.717, 1.165) is 42.8 Å². The molecule has 1 N–H and O–H groups in total. The Kier molecular flexibility index (Phi) is 5.36. The number of aryl methyl sites for hydroxylation is 2. The third-order valence-corrected chi connectivity index (χ3v) is 4.42. The number of halogens is 1. The molecule has 0 saturated carbocycles. The summed E-state index contributed by atoms with van der Waals surface area (Å²) in [6.45, 7) is 6.16. The van der Waals surface area contributed by atoms with Crippen molar-refractivity contribution >= 4 is 22.9 Å². The monoisotopic (exact) mass is 299 g/mol. The smallest absolute Gasteiger partial charge is 0.259 e. The van der Waals surface area contributed by atoms with Gasteiger partial charge in [0.2, 0.25) is 5.89 Å². The molecule has 0 bridgehead atoms. The second-order valence-electron chi connectivity index (χ2n) is 4.42. The molecule has 0 aromatic carbocycles. The molecule has 2 rings (SSSR count). The summed E-state index contributed by atoms with van der Waals surface area (Å²) in [5.74, 6) is 1.20. The van der Waals surface area contributed by atoms with Crippen molar-refractivity contribution in [3.05, 3.63) is 21.9 Å². The van der Waals surface area contributed by atoms with Gasteiger partial charge in [0.25, 0.3) is 5.89 Å². The highest BCUT2D eigenvalue weighted by Crippen LogP contribution is 2.35. The van der Waals surface area contributed by atoms with Crippen molar-refractivity contribution in [2.45, 2.75) is 33.1 Å². The van der Waals surface area contributed by atoms with Gasteiger partial charge in [-0.05, 0) is 43.8 Å². The fraction of sp³-hybridized carbons (Fsp3) is 0.538. The predicted octanol–water partition coefficient (Wildman–Crippen LogP) is 3.69. The van der Waals surface area contributed by atoms with Crippen LogP contribution in [0.2, 0.25) is 5.02 Å². The van der Waals surface area contributed by atoms with Gasteiger partial charge in [-0.1, -0.05) is 18.5 Å². The lowest BCUT2D eigenvalue weighted by atomic mass is 10.3. The molecule has 0 saturated heterocycles. The Balaban J connectivity index is 1.90. The SMILES string of the molecule is CCCNCCCc1nnc(-c2scc(C)c2Cl)o1. The Morgan fingerprint density at radius 3 is 2.89 bits per heavy atom. The van der Waals surface area contributed by atoms with E-state index >= 15 is 0 Å². The lowest BCUT2D eigenvalue weighted by Gasteiger charge is -1.99. The zero-order chi connectivity index (χ0) is 13.7. The molecule has 0 unspecified atom stereocenters. The molecular weight excluding hydrogens is 282 g/mol. The Hall–Kier alpha value is -0.910. The molecule has 19 heavy (non-hydrogen) atoms. The van der Waals surface area contributed by atoms with Crippen LogP contribution in [-0.2, 0) is 6.42 Å². The minimum atomic E-state index is 0.527. The first-order valence-electron chi connectivity index (χ1n) is 6.49. The van der Waals surface area contributed by atoms with Crippen LogP contribution in [0.15, 0.2) is 9.80 Å². The molecule has 2 heterocycles. The molecule has 6 heteroatoms. The molecule has 0 amide bonds. The maximum Gasteiger partial charge on any atom is 0.259 e. The Morgan fingerprint density at radius 2 is 2.21 bits per heavy atom. The number of nitrogens with zero attached hydrogens (tertiary/aromatic N) is 2. The van der Waals surface area contributed by atoms with Crippen LogP contribution in [-0.4, -0.2) is 23.3 Å². The van der Waals surface area contributed by atoms with Gasteiger partial charge in [-0.2, -0.15) is 0 Å². The quantitative estimate of drug-likeness (QED) is 0.792. The van der Waals surface area contributed by atoms with Gasteiger partial charge in [0.1, 0.15) is 4.88 Å². The van der Waals surface area contributed by atoms with Gasteiger partial charge in [-0.15, -0.1) is 21.5 Å². The van der Waals surface area contributed by atoms with Crippen molar-refractivity contribution in [2.24, 2.45) is 0 Å². The van der Waals surface area contributed by atoms with Crippen LogP contribution in [0.5, 0.6) is 0 Å². The van der Waals surface area contributed by atoms with Gasteiger partial charge in [0, 0.05) is 6.42 Å². The lowest BCUT2D eigenvalue weighted by molar-refractivity contribution is 0.492. The Labute approximate surface area is 122 Å². The zero-order valence-corrected chi connectivity index (χ0v) is 12.8. The van der Waals surface area contributed by atoms with E-state index in [4.69, 9.17) is 16.0 Å². The summed E-state index contributed by atoms with van der Waals surface area (Å²) in [6, 6.07) is 0. The van der Waals surface area contributed by atoms with Crippen molar-refractivity contribution in [3.8, 4) is 10.8 Å². The van der Waals surface area contributed by atoms with Crippen molar-refractivity contribution < 1.29 is 4.42 Å². The first kappa shape index (κ1) is 14.5. The summed E-state index contributed by atoms with van der Waals surface area (Å²) in [6.07, 6.45) is 2.95. The molecule has 0 atom stereocenters. The highest BCUT2D eigenvalue weighted by atomic mass is 35.5. The normalized spacial score (nSPS) is 11.1. The molecule has 0 radical (unpaired) electrons. The van der Waals surface area contributed by atoms with E-state index in [9.17, 15) is 0 Å². The minimum absolute atomic E-state index is 0.527. The zero-order valence-electron chi connectivity index (χ0n) is 11.2. The minimum Gasteiger partial charge on any atom is -0.420 e. The van der Waals surface area contributed by atoms with Gasteiger partial charge in [-0.25, -0.2) is 0 Å². The molecule has 2 aromatic rings. The van der Waals surface area contributed by atoms with Crippen molar-refractivity contribution in [2.75, 3.05) is 13.1 Å². The highest BCUT2D eigenvalue weighted by molar-refractivity contribution is 7.14. The average Bonchev–Trinajstić information content (AvgIpc) is 2.98. The van der Waals surface area contributed by atoms with Crippen molar-refractivity contribution in [1.82, 2.24) is 15.5 Å². The summed E-state index contributed by atoms with van der Waals surface area (Å²) < 4.78 is 5.65. The maximum absolute atomic E-state index is 6.19. The van der Waals surface area contributed by atoms with Crippen molar-refractivity contribution in [3.63, 3.8) is 0 Å². The Bertz CT molecular complexity index is 524. The maximum atomic E-state index is 6.19. The molecule has 0 aliphatic carbocycles. The van der Waals surface area contributed by atoms with E-state index < -0.39 is 0 Å². The van der Waals surface area contributed by atoms with Gasteiger partial charge < -0.3 is 9.73 Å². The van der Waals surface area contributed by atoms with Crippen LogP contribution in [0.1, 0.15) is 31.2 Å². The van der Waals surface area contributed by atoms with Crippen LogP contribution in [0.25, 0.3) is 10.8 Å². The number of aromatic nitrogens is 2. The van der Waals surface area contributed by atoms with Crippen LogP contribution >= 0.6 is 22.9 Å². The summed E-state index contributed by atoms with van der Waals surface area (Å²) in [7, 11) is 0. The standard InChI is InChI=1S/C13H18ClN3OS/c1-3-6-15-7-4-5-10-16-17-13(18-10)12-11(14)9(2)8-19-12/h8,15H,3-7H2,1-2H3. The number of hydrogen-bond donors (Lipinski definition) is 1. The summed E-state index contributed by atoms with van der Waals surface area (Å²) in [5.41, 5.74) is 1.05. The molecule has 104 valence electrons. The van der Waals surface area contributed by atoms with Crippen LogP contribution in [0.3, 0.4) is 0 Å². The van der Waals surface area contributed by atoms with E-state index in [1.54, 1.807) is 0 Å². The number of nitrogens with one attached hydrogen (secondary N) is 1. The molecule has 0 aliphatic heterocycles. The first-order valence-corrected chi connectivity index (χ1v) is 7.75. The summed E-state index contributed by atoms with van der Waals surface area (Å²) in [5, 5.41) is 14.2. The summed E-state index contributed by atoms with van der Waals surface area (Å²) in [4.78, 5) is 0.863. The van der Waals surface area contributed by atoms with Crippen LogP contribution in [0.4, 0.5) is 0 Å². The molecule has 0 spiro atoms. The third kappa shape index (κ3) is 3.78. The van der Waals surface area contributed by atoms with Gasteiger partial charge in [0.05, 0.1) is 5.02 Å². The number of thiophene rings is 1. The first-order chi connectivity index (χ1) is 9.22. The topological polar surface area (TPSA) is 51.0 Å². The second kappa shape index (κ2) is 7.03. The lowest BCUT2D eigenvalue weighted by Crippen LogP contribution is -2.16. The second-order valence-corrected chi connectivity index (χ2v) is 5.67. The highest BCUT2D eigenvalue weighted by Gasteiger charge is 2.15. The van der Waals surface area contributed by atoms with E-state index in [1.807, 2.05) is 12.3 Å². The van der Waals surface area contributed by atoms with Crippen LogP contribution < -0.4 is 5.32 Å². The molecule has 4 nitrogen and oxygen atoms in total. The average molecular weight is 300 g/mol. The third-order valence-electron chi connectivity index (χ3n) is 2.73. The van der Waals surface area contributed by atoms with Gasteiger partial charge >= 0.3 is 0 Å². The number of hydrogen-bond acceptors (Lipinski definition) is 5. The molecule has 0 aliphatic rings. The molecule has 0 fully saturated rings.